The molecule has 0 saturated heterocycles. The number of rotatable bonds is 2. The summed E-state index contributed by atoms with van der Waals surface area (Å²) in [7, 11) is -0.938. The van der Waals surface area contributed by atoms with Gasteiger partial charge in [0.25, 0.3) is 0 Å². The van der Waals surface area contributed by atoms with E-state index >= 15 is 0 Å². The van der Waals surface area contributed by atoms with Crippen LogP contribution in [0.1, 0.15) is 0 Å². The molecule has 0 aliphatic rings. The van der Waals surface area contributed by atoms with Crippen LogP contribution >= 0.6 is 11.8 Å². The van der Waals surface area contributed by atoms with Crippen LogP contribution in [0.2, 0.25) is 19.6 Å². The van der Waals surface area contributed by atoms with E-state index in [9.17, 15) is 0 Å². The van der Waals surface area contributed by atoms with Crippen LogP contribution in [0.5, 0.6) is 0 Å². The number of thiocyanates is 1. The minimum absolute atomic E-state index is 0.938. The zero-order chi connectivity index (χ0) is 6.62. The lowest BCUT2D eigenvalue weighted by Gasteiger charge is -2.10. The maximum absolute atomic E-state index is 8.16. The molecule has 0 atom stereocenters. The highest BCUT2D eigenvalue weighted by Gasteiger charge is 2.11. The van der Waals surface area contributed by atoms with E-state index in [2.05, 4.69) is 25.0 Å². The molecule has 3 heteroatoms. The van der Waals surface area contributed by atoms with Crippen molar-refractivity contribution in [2.45, 2.75) is 19.6 Å². The molecule has 0 radical (unpaired) electrons. The standard InChI is InChI=1S/C5H11NSSi/c1-8(2,3)5-7-4-6/h5H2,1-3H3. The fraction of sp³-hybridized carbons (Fsp3) is 0.800. The summed E-state index contributed by atoms with van der Waals surface area (Å²) in [5, 5.41) is 11.3. The summed E-state index contributed by atoms with van der Waals surface area (Å²) in [4.78, 5) is 0. The highest BCUT2D eigenvalue weighted by molar-refractivity contribution is 8.05. The molecule has 8 heavy (non-hydrogen) atoms. The Hall–Kier alpha value is 0.0569. The van der Waals surface area contributed by atoms with Crippen molar-refractivity contribution in [3.05, 3.63) is 0 Å². The summed E-state index contributed by atoms with van der Waals surface area (Å²) >= 11 is 1.38. The smallest absolute Gasteiger partial charge is 0.133 e. The number of hydrogen-bond acceptors (Lipinski definition) is 2. The highest BCUT2D eigenvalue weighted by atomic mass is 32.2. The average Bonchev–Trinajstić information content (AvgIpc) is 1.59. The Labute approximate surface area is 56.1 Å². The zero-order valence-corrected chi connectivity index (χ0v) is 7.38. The van der Waals surface area contributed by atoms with Gasteiger partial charge in [-0.2, -0.15) is 5.26 Å². The third-order valence-corrected chi connectivity index (χ3v) is 4.74. The highest BCUT2D eigenvalue weighted by Crippen LogP contribution is 2.08. The molecule has 0 fully saturated rings. The second-order valence-corrected chi connectivity index (χ2v) is 9.69. The third kappa shape index (κ3) is 6.06. The van der Waals surface area contributed by atoms with Crippen LogP contribution in [-0.4, -0.2) is 13.5 Å². The molecular formula is C5H11NSSi. The van der Waals surface area contributed by atoms with Crippen LogP contribution in [0.3, 0.4) is 0 Å². The zero-order valence-electron chi connectivity index (χ0n) is 5.56. The van der Waals surface area contributed by atoms with Crippen molar-refractivity contribution in [2.75, 3.05) is 5.38 Å². The van der Waals surface area contributed by atoms with Crippen LogP contribution in [0.25, 0.3) is 0 Å². The second kappa shape index (κ2) is 3.16. The minimum atomic E-state index is -0.938. The van der Waals surface area contributed by atoms with E-state index in [0.29, 0.717) is 0 Å². The lowest BCUT2D eigenvalue weighted by Crippen LogP contribution is -2.23. The van der Waals surface area contributed by atoms with Gasteiger partial charge in [-0.1, -0.05) is 19.6 Å². The SMILES string of the molecule is C[Si](C)(C)CSC#N. The van der Waals surface area contributed by atoms with E-state index in [0.717, 1.165) is 5.38 Å². The predicted octanol–water partition coefficient (Wildman–Crippen LogP) is 2.08. The Kier molecular flexibility index (Phi) is 3.18. The number of nitrogens with zero attached hydrogens (tertiary/aromatic N) is 1. The van der Waals surface area contributed by atoms with Gasteiger partial charge >= 0.3 is 0 Å². The first kappa shape index (κ1) is 8.06. The Morgan fingerprint density at radius 1 is 1.50 bits per heavy atom. The van der Waals surface area contributed by atoms with E-state index in [1.165, 1.54) is 11.8 Å². The fourth-order valence-electron chi connectivity index (χ4n) is 0.249. The van der Waals surface area contributed by atoms with Crippen molar-refractivity contribution < 1.29 is 0 Å². The van der Waals surface area contributed by atoms with Gasteiger partial charge in [-0.15, -0.1) is 0 Å². The number of thioether (sulfide) groups is 1. The quantitative estimate of drug-likeness (QED) is 0.439. The molecule has 0 aromatic heterocycles. The normalized spacial score (nSPS) is 10.8. The van der Waals surface area contributed by atoms with Gasteiger partial charge in [-0.25, -0.2) is 0 Å². The second-order valence-electron chi connectivity index (χ2n) is 2.94. The maximum atomic E-state index is 8.16. The largest absolute Gasteiger partial charge is 0.185 e. The van der Waals surface area contributed by atoms with E-state index in [1.807, 2.05) is 0 Å². The minimum Gasteiger partial charge on any atom is -0.185 e. The Bertz CT molecular complexity index is 100.0. The first-order valence-corrected chi connectivity index (χ1v) is 7.26. The predicted molar refractivity (Wildman–Crippen MR) is 41.4 cm³/mol. The van der Waals surface area contributed by atoms with Gasteiger partial charge in [-0.05, 0) is 11.8 Å². The van der Waals surface area contributed by atoms with Crippen molar-refractivity contribution in [1.29, 1.82) is 5.26 Å². The van der Waals surface area contributed by atoms with Gasteiger partial charge in [0.1, 0.15) is 5.40 Å². The molecule has 0 aromatic rings. The van der Waals surface area contributed by atoms with E-state index < -0.39 is 8.07 Å². The molecule has 0 N–H and O–H groups in total. The van der Waals surface area contributed by atoms with E-state index in [4.69, 9.17) is 5.26 Å². The summed E-state index contributed by atoms with van der Waals surface area (Å²) in [5.74, 6) is 0. The van der Waals surface area contributed by atoms with Crippen molar-refractivity contribution >= 4 is 19.8 Å². The van der Waals surface area contributed by atoms with E-state index in [-0.39, 0.29) is 0 Å². The average molecular weight is 145 g/mol. The van der Waals surface area contributed by atoms with Crippen LogP contribution in [0.15, 0.2) is 0 Å². The summed E-state index contributed by atoms with van der Waals surface area (Å²) < 4.78 is 0. The molecule has 0 bridgehead atoms. The molecule has 0 rings (SSSR count). The summed E-state index contributed by atoms with van der Waals surface area (Å²) in [6.07, 6.45) is 0. The monoisotopic (exact) mass is 145 g/mol. The summed E-state index contributed by atoms with van der Waals surface area (Å²) in [5.41, 5.74) is 0. The van der Waals surface area contributed by atoms with Crippen molar-refractivity contribution in [1.82, 2.24) is 0 Å². The van der Waals surface area contributed by atoms with Gasteiger partial charge in [0.15, 0.2) is 0 Å². The first-order valence-electron chi connectivity index (χ1n) is 2.57. The molecule has 0 heterocycles. The van der Waals surface area contributed by atoms with Crippen molar-refractivity contribution in [3.63, 3.8) is 0 Å². The van der Waals surface area contributed by atoms with Crippen LogP contribution in [0.4, 0.5) is 0 Å². The molecule has 0 aromatic carbocycles. The Balaban J connectivity index is 3.28. The molecule has 0 unspecified atom stereocenters. The lowest BCUT2D eigenvalue weighted by molar-refractivity contribution is 1.56. The summed E-state index contributed by atoms with van der Waals surface area (Å²) in [6.45, 7) is 6.78. The first-order chi connectivity index (χ1) is 3.56. The lowest BCUT2D eigenvalue weighted by atomic mass is 11.7. The van der Waals surface area contributed by atoms with Gasteiger partial charge in [-0.3, -0.25) is 0 Å². The third-order valence-electron chi connectivity index (χ3n) is 0.570. The van der Waals surface area contributed by atoms with Gasteiger partial charge in [0, 0.05) is 5.38 Å². The van der Waals surface area contributed by atoms with Gasteiger partial charge in [0.05, 0.1) is 8.07 Å². The molecule has 1 nitrogen and oxygen atoms in total. The van der Waals surface area contributed by atoms with Crippen molar-refractivity contribution in [3.8, 4) is 5.40 Å². The van der Waals surface area contributed by atoms with E-state index in [1.54, 1.807) is 0 Å². The molecule has 0 amide bonds. The molecule has 0 aliphatic heterocycles. The molecule has 0 saturated carbocycles. The summed E-state index contributed by atoms with van der Waals surface area (Å²) in [6, 6.07) is 0. The molecule has 46 valence electrons. The van der Waals surface area contributed by atoms with Crippen LogP contribution in [0, 0.1) is 10.7 Å². The van der Waals surface area contributed by atoms with Gasteiger partial charge < -0.3 is 0 Å². The molecule has 0 aliphatic carbocycles. The van der Waals surface area contributed by atoms with Crippen molar-refractivity contribution in [2.24, 2.45) is 0 Å². The number of hydrogen-bond donors (Lipinski definition) is 0. The van der Waals surface area contributed by atoms with Crippen LogP contribution in [-0.2, 0) is 0 Å². The van der Waals surface area contributed by atoms with Crippen LogP contribution < -0.4 is 0 Å². The number of nitriles is 1. The molecule has 0 spiro atoms. The topological polar surface area (TPSA) is 23.8 Å². The Morgan fingerprint density at radius 3 is 2.12 bits per heavy atom. The maximum Gasteiger partial charge on any atom is 0.133 e. The fourth-order valence-corrected chi connectivity index (χ4v) is 2.24. The van der Waals surface area contributed by atoms with Gasteiger partial charge in [0.2, 0.25) is 0 Å². The Morgan fingerprint density at radius 2 is 2.00 bits per heavy atom. The molecular weight excluding hydrogens is 134 g/mol.